The van der Waals surface area contributed by atoms with Gasteiger partial charge in [0.2, 0.25) is 5.96 Å². The van der Waals surface area contributed by atoms with E-state index in [-0.39, 0.29) is 18.0 Å². The van der Waals surface area contributed by atoms with Crippen LogP contribution in [0.5, 0.6) is 0 Å². The summed E-state index contributed by atoms with van der Waals surface area (Å²) < 4.78 is 5.38. The molecule has 1 fully saturated rings. The van der Waals surface area contributed by atoms with E-state index in [1.165, 1.54) is 0 Å². The summed E-state index contributed by atoms with van der Waals surface area (Å²) >= 11 is 0. The standard InChI is InChI=1S/C8H17N5O/c1-5-6(2-3-14-5)4-12-8(11)13-7(9)10/h5-6H,2-4H2,1H3,(H6,9,10,11,12,13). The first kappa shape index (κ1) is 10.8. The minimum absolute atomic E-state index is 0.0676. The molecule has 0 amide bonds. The summed E-state index contributed by atoms with van der Waals surface area (Å²) in [5.74, 6) is 0.480. The predicted molar refractivity (Wildman–Crippen MR) is 55.8 cm³/mol. The molecular weight excluding hydrogens is 182 g/mol. The highest BCUT2D eigenvalue weighted by Gasteiger charge is 2.23. The van der Waals surface area contributed by atoms with Crippen LogP contribution in [0.1, 0.15) is 13.3 Å². The molecule has 0 radical (unpaired) electrons. The molecule has 0 bridgehead atoms. The SMILES string of the molecule is CC1OCCC1CN=C(N)N=C(N)N. The summed E-state index contributed by atoms with van der Waals surface area (Å²) in [7, 11) is 0. The van der Waals surface area contributed by atoms with E-state index in [2.05, 4.69) is 9.98 Å². The molecule has 1 saturated heterocycles. The Morgan fingerprint density at radius 2 is 2.14 bits per heavy atom. The van der Waals surface area contributed by atoms with E-state index in [9.17, 15) is 0 Å². The van der Waals surface area contributed by atoms with Gasteiger partial charge in [0.15, 0.2) is 5.96 Å². The number of nitrogens with zero attached hydrogens (tertiary/aromatic N) is 2. The van der Waals surface area contributed by atoms with Gasteiger partial charge in [-0.2, -0.15) is 4.99 Å². The van der Waals surface area contributed by atoms with Crippen molar-refractivity contribution in [3.05, 3.63) is 0 Å². The van der Waals surface area contributed by atoms with Gasteiger partial charge in [0, 0.05) is 19.1 Å². The molecule has 0 saturated carbocycles. The topological polar surface area (TPSA) is 112 Å². The van der Waals surface area contributed by atoms with Crippen molar-refractivity contribution < 1.29 is 4.74 Å². The van der Waals surface area contributed by atoms with E-state index in [0.717, 1.165) is 13.0 Å². The Morgan fingerprint density at radius 1 is 1.43 bits per heavy atom. The molecule has 0 aromatic carbocycles. The Kier molecular flexibility index (Phi) is 3.70. The zero-order chi connectivity index (χ0) is 10.6. The molecule has 0 spiro atoms. The normalized spacial score (nSPS) is 27.6. The molecule has 2 atom stereocenters. The number of rotatable bonds is 2. The van der Waals surface area contributed by atoms with Crippen molar-refractivity contribution in [2.45, 2.75) is 19.4 Å². The highest BCUT2D eigenvalue weighted by molar-refractivity contribution is 5.92. The van der Waals surface area contributed by atoms with Gasteiger partial charge in [0.1, 0.15) is 0 Å². The van der Waals surface area contributed by atoms with Crippen LogP contribution in [0.2, 0.25) is 0 Å². The smallest absolute Gasteiger partial charge is 0.218 e. The van der Waals surface area contributed by atoms with Crippen LogP contribution in [0.3, 0.4) is 0 Å². The molecule has 0 aromatic heterocycles. The maximum atomic E-state index is 5.46. The van der Waals surface area contributed by atoms with Crippen LogP contribution in [0.25, 0.3) is 0 Å². The molecule has 80 valence electrons. The summed E-state index contributed by atoms with van der Waals surface area (Å²) in [6.45, 7) is 3.44. The van der Waals surface area contributed by atoms with Crippen LogP contribution in [-0.2, 0) is 4.74 Å². The van der Waals surface area contributed by atoms with Gasteiger partial charge in [0.25, 0.3) is 0 Å². The van der Waals surface area contributed by atoms with Gasteiger partial charge >= 0.3 is 0 Å². The van der Waals surface area contributed by atoms with Crippen molar-refractivity contribution in [2.24, 2.45) is 33.1 Å². The quantitative estimate of drug-likeness (QED) is 0.391. The van der Waals surface area contributed by atoms with Crippen molar-refractivity contribution in [3.63, 3.8) is 0 Å². The number of hydrogen-bond donors (Lipinski definition) is 3. The van der Waals surface area contributed by atoms with Crippen molar-refractivity contribution in [3.8, 4) is 0 Å². The highest BCUT2D eigenvalue weighted by Crippen LogP contribution is 2.20. The molecule has 14 heavy (non-hydrogen) atoms. The maximum absolute atomic E-state index is 5.46. The van der Waals surface area contributed by atoms with E-state index >= 15 is 0 Å². The van der Waals surface area contributed by atoms with Gasteiger partial charge in [0.05, 0.1) is 6.10 Å². The number of ether oxygens (including phenoxy) is 1. The maximum Gasteiger partial charge on any atom is 0.218 e. The molecule has 1 aliphatic heterocycles. The fourth-order valence-corrected chi connectivity index (χ4v) is 1.39. The monoisotopic (exact) mass is 199 g/mol. The van der Waals surface area contributed by atoms with Crippen LogP contribution < -0.4 is 17.2 Å². The minimum atomic E-state index is -0.0676. The van der Waals surface area contributed by atoms with Crippen LogP contribution in [0.4, 0.5) is 0 Å². The zero-order valence-electron chi connectivity index (χ0n) is 8.31. The zero-order valence-corrected chi connectivity index (χ0v) is 8.31. The fraction of sp³-hybridized carbons (Fsp3) is 0.750. The molecule has 1 aliphatic rings. The van der Waals surface area contributed by atoms with Gasteiger partial charge in [-0.1, -0.05) is 0 Å². The van der Waals surface area contributed by atoms with Crippen molar-refractivity contribution in [1.29, 1.82) is 0 Å². The number of hydrogen-bond acceptors (Lipinski definition) is 2. The third-order valence-electron chi connectivity index (χ3n) is 2.26. The molecule has 6 heteroatoms. The first-order valence-corrected chi connectivity index (χ1v) is 4.60. The third-order valence-corrected chi connectivity index (χ3v) is 2.26. The van der Waals surface area contributed by atoms with Gasteiger partial charge in [-0.15, -0.1) is 0 Å². The van der Waals surface area contributed by atoms with E-state index in [1.807, 2.05) is 6.92 Å². The molecule has 6 N–H and O–H groups in total. The average Bonchev–Trinajstić information content (AvgIpc) is 2.46. The van der Waals surface area contributed by atoms with E-state index < -0.39 is 0 Å². The van der Waals surface area contributed by atoms with Gasteiger partial charge < -0.3 is 21.9 Å². The van der Waals surface area contributed by atoms with Crippen molar-refractivity contribution >= 4 is 11.9 Å². The Hall–Kier alpha value is -1.30. The molecule has 0 aromatic rings. The first-order valence-electron chi connectivity index (χ1n) is 4.60. The second kappa shape index (κ2) is 4.80. The summed E-state index contributed by atoms with van der Waals surface area (Å²) in [5, 5.41) is 0. The predicted octanol–water partition coefficient (Wildman–Crippen LogP) is -1.00. The summed E-state index contributed by atoms with van der Waals surface area (Å²) in [4.78, 5) is 7.69. The van der Waals surface area contributed by atoms with Crippen LogP contribution in [-0.4, -0.2) is 31.2 Å². The summed E-state index contributed by atoms with van der Waals surface area (Å²) in [6, 6.07) is 0. The fourth-order valence-electron chi connectivity index (χ4n) is 1.39. The minimum Gasteiger partial charge on any atom is -0.378 e. The average molecular weight is 199 g/mol. The molecule has 1 heterocycles. The lowest BCUT2D eigenvalue weighted by molar-refractivity contribution is 0.107. The third kappa shape index (κ3) is 3.21. The lowest BCUT2D eigenvalue weighted by Gasteiger charge is -2.10. The van der Waals surface area contributed by atoms with E-state index in [1.54, 1.807) is 0 Å². The van der Waals surface area contributed by atoms with E-state index in [4.69, 9.17) is 21.9 Å². The number of nitrogens with two attached hydrogens (primary N) is 3. The Labute approximate surface area is 83.2 Å². The number of guanidine groups is 2. The van der Waals surface area contributed by atoms with Crippen molar-refractivity contribution in [1.82, 2.24) is 0 Å². The van der Waals surface area contributed by atoms with Crippen LogP contribution in [0.15, 0.2) is 9.98 Å². The van der Waals surface area contributed by atoms with E-state index in [0.29, 0.717) is 12.5 Å². The van der Waals surface area contributed by atoms with Gasteiger partial charge in [-0.3, -0.25) is 4.99 Å². The summed E-state index contributed by atoms with van der Waals surface area (Å²) in [6.07, 6.45) is 1.26. The Morgan fingerprint density at radius 3 is 2.64 bits per heavy atom. The molecule has 0 aliphatic carbocycles. The molecule has 6 nitrogen and oxygen atoms in total. The van der Waals surface area contributed by atoms with Gasteiger partial charge in [-0.05, 0) is 13.3 Å². The second-order valence-corrected chi connectivity index (χ2v) is 3.36. The largest absolute Gasteiger partial charge is 0.378 e. The lowest BCUT2D eigenvalue weighted by Crippen LogP contribution is -2.27. The van der Waals surface area contributed by atoms with Gasteiger partial charge in [-0.25, -0.2) is 0 Å². The second-order valence-electron chi connectivity index (χ2n) is 3.36. The Bertz CT molecular complexity index is 246. The highest BCUT2D eigenvalue weighted by atomic mass is 16.5. The van der Waals surface area contributed by atoms with Crippen LogP contribution >= 0.6 is 0 Å². The van der Waals surface area contributed by atoms with Crippen molar-refractivity contribution in [2.75, 3.05) is 13.2 Å². The summed E-state index contributed by atoms with van der Waals surface area (Å²) in [5.41, 5.74) is 15.8. The lowest BCUT2D eigenvalue weighted by atomic mass is 10.0. The Balaban J connectivity index is 2.41. The molecule has 2 unspecified atom stereocenters. The molecule has 1 rings (SSSR count). The molecular formula is C8H17N5O. The first-order chi connectivity index (χ1) is 6.59. The van der Waals surface area contributed by atoms with Crippen LogP contribution in [0, 0.1) is 5.92 Å². The number of aliphatic imine (C=N–C) groups is 2.